The maximum Gasteiger partial charge on any atom is 0.267 e. The molecule has 1 atom stereocenters. The summed E-state index contributed by atoms with van der Waals surface area (Å²) in [6.45, 7) is 4.89. The second kappa shape index (κ2) is 11.4. The molecule has 0 unspecified atom stereocenters. The van der Waals surface area contributed by atoms with Crippen molar-refractivity contribution in [1.29, 1.82) is 0 Å². The molecule has 2 rings (SSSR count). The number of carbonyl (C=O) groups is 2. The van der Waals surface area contributed by atoms with E-state index < -0.39 is 5.91 Å². The third-order valence-corrected chi connectivity index (χ3v) is 4.82. The average molecular weight is 390 g/mol. The van der Waals surface area contributed by atoms with E-state index in [1.54, 1.807) is 0 Å². The van der Waals surface area contributed by atoms with Crippen molar-refractivity contribution in [2.45, 2.75) is 58.4 Å². The van der Waals surface area contributed by atoms with Gasteiger partial charge in [0.1, 0.15) is 11.9 Å². The zero-order valence-electron chi connectivity index (χ0n) is 16.6. The van der Waals surface area contributed by atoms with E-state index in [-0.39, 0.29) is 11.9 Å². The molecule has 1 aliphatic carbocycles. The molecule has 0 aliphatic heterocycles. The lowest BCUT2D eigenvalue weighted by molar-refractivity contribution is -0.124. The smallest absolute Gasteiger partial charge is 0.267 e. The summed E-state index contributed by atoms with van der Waals surface area (Å²) in [6.07, 6.45) is 12.5. The molecule has 2 amide bonds. The number of hydrogen-bond donors (Lipinski definition) is 4. The lowest BCUT2D eigenvalue weighted by atomic mass is 9.89. The Labute approximate surface area is 166 Å². The molecule has 1 aliphatic rings. The van der Waals surface area contributed by atoms with Gasteiger partial charge in [0.05, 0.1) is 18.1 Å². The minimum atomic E-state index is -0.643. The molecule has 1 saturated carbocycles. The van der Waals surface area contributed by atoms with Crippen LogP contribution >= 0.6 is 0 Å². The molecule has 154 valence electrons. The molecule has 1 fully saturated rings. The zero-order valence-corrected chi connectivity index (χ0v) is 16.6. The van der Waals surface area contributed by atoms with Gasteiger partial charge in [0.15, 0.2) is 0 Å². The molecule has 8 nitrogen and oxygen atoms in total. The molecular formula is C20H31N5O3. The standard InChI is InChI=1S/C20H31N5O3/c1-14(2)10-17(20(27)23-11-15-6-4-3-5-7-15)24-18-13-21-16(12-22-18)8-9-19(26)25-28/h8-9,12-15,17,28H,3-7,10-11H2,1-2H3,(H,22,24)(H,23,27)(H,25,26)/t17-/m1/s1. The van der Waals surface area contributed by atoms with E-state index in [4.69, 9.17) is 5.21 Å². The van der Waals surface area contributed by atoms with Crippen LogP contribution in [0.3, 0.4) is 0 Å². The van der Waals surface area contributed by atoms with Crippen LogP contribution in [-0.2, 0) is 9.59 Å². The fraction of sp³-hybridized carbons (Fsp3) is 0.600. The van der Waals surface area contributed by atoms with Crippen LogP contribution in [0, 0.1) is 11.8 Å². The highest BCUT2D eigenvalue weighted by molar-refractivity contribution is 5.90. The summed E-state index contributed by atoms with van der Waals surface area (Å²) in [5.41, 5.74) is 1.98. The van der Waals surface area contributed by atoms with Gasteiger partial charge in [-0.3, -0.25) is 19.8 Å². The van der Waals surface area contributed by atoms with Gasteiger partial charge in [-0.2, -0.15) is 0 Å². The van der Waals surface area contributed by atoms with Gasteiger partial charge in [0, 0.05) is 12.6 Å². The molecule has 1 aromatic heterocycles. The van der Waals surface area contributed by atoms with Crippen molar-refractivity contribution in [3.05, 3.63) is 24.2 Å². The van der Waals surface area contributed by atoms with Crippen molar-refractivity contribution in [1.82, 2.24) is 20.8 Å². The van der Waals surface area contributed by atoms with Gasteiger partial charge in [-0.1, -0.05) is 33.1 Å². The Morgan fingerprint density at radius 1 is 1.21 bits per heavy atom. The van der Waals surface area contributed by atoms with E-state index in [1.807, 2.05) is 0 Å². The van der Waals surface area contributed by atoms with Crippen molar-refractivity contribution < 1.29 is 14.8 Å². The fourth-order valence-electron chi connectivity index (χ4n) is 3.34. The van der Waals surface area contributed by atoms with Crippen molar-refractivity contribution in [3.63, 3.8) is 0 Å². The maximum atomic E-state index is 12.7. The Kier molecular flexibility index (Phi) is 8.87. The number of rotatable bonds is 9. The summed E-state index contributed by atoms with van der Waals surface area (Å²) in [4.78, 5) is 32.2. The monoisotopic (exact) mass is 389 g/mol. The third-order valence-electron chi connectivity index (χ3n) is 4.82. The van der Waals surface area contributed by atoms with Crippen molar-refractivity contribution in [3.8, 4) is 0 Å². The summed E-state index contributed by atoms with van der Waals surface area (Å²) in [5, 5.41) is 14.7. The van der Waals surface area contributed by atoms with Gasteiger partial charge in [-0.25, -0.2) is 10.5 Å². The first-order chi connectivity index (χ1) is 13.5. The highest BCUT2D eigenvalue weighted by Crippen LogP contribution is 2.23. The number of aromatic nitrogens is 2. The second-order valence-electron chi connectivity index (χ2n) is 7.71. The van der Waals surface area contributed by atoms with E-state index in [1.165, 1.54) is 56.1 Å². The molecule has 0 saturated heterocycles. The minimum absolute atomic E-state index is 0.00957. The lowest BCUT2D eigenvalue weighted by Gasteiger charge is -2.24. The zero-order chi connectivity index (χ0) is 20.4. The Balaban J connectivity index is 1.93. The number of carbonyl (C=O) groups excluding carboxylic acids is 2. The number of amides is 2. The van der Waals surface area contributed by atoms with E-state index in [9.17, 15) is 9.59 Å². The Hall–Kier alpha value is -2.48. The Morgan fingerprint density at radius 2 is 1.96 bits per heavy atom. The van der Waals surface area contributed by atoms with Crippen LogP contribution in [0.4, 0.5) is 5.82 Å². The van der Waals surface area contributed by atoms with Crippen LogP contribution in [0.2, 0.25) is 0 Å². The third kappa shape index (κ3) is 7.64. The average Bonchev–Trinajstić information content (AvgIpc) is 2.71. The Morgan fingerprint density at radius 3 is 2.57 bits per heavy atom. The first-order valence-corrected chi connectivity index (χ1v) is 9.96. The molecule has 8 heteroatoms. The SMILES string of the molecule is CC(C)C[C@@H](Nc1cnc(C=CC(=O)NO)cn1)C(=O)NCC1CCCCC1. The van der Waals surface area contributed by atoms with Crippen LogP contribution in [0.1, 0.15) is 58.1 Å². The highest BCUT2D eigenvalue weighted by atomic mass is 16.5. The van der Waals surface area contributed by atoms with Crippen LogP contribution < -0.4 is 16.1 Å². The molecule has 1 heterocycles. The normalized spacial score (nSPS) is 16.1. The number of anilines is 1. The largest absolute Gasteiger partial charge is 0.357 e. The van der Waals surface area contributed by atoms with Gasteiger partial charge < -0.3 is 10.6 Å². The van der Waals surface area contributed by atoms with Gasteiger partial charge >= 0.3 is 0 Å². The molecule has 0 bridgehead atoms. The predicted octanol–water partition coefficient (Wildman–Crippen LogP) is 2.52. The van der Waals surface area contributed by atoms with Crippen molar-refractivity contribution in [2.75, 3.05) is 11.9 Å². The summed E-state index contributed by atoms with van der Waals surface area (Å²) in [6, 6.07) is -0.376. The molecule has 4 N–H and O–H groups in total. The van der Waals surface area contributed by atoms with Crippen LogP contribution in [0.25, 0.3) is 6.08 Å². The van der Waals surface area contributed by atoms with E-state index in [2.05, 4.69) is 34.4 Å². The molecule has 28 heavy (non-hydrogen) atoms. The quantitative estimate of drug-likeness (QED) is 0.293. The predicted molar refractivity (Wildman–Crippen MR) is 107 cm³/mol. The van der Waals surface area contributed by atoms with Crippen molar-refractivity contribution >= 4 is 23.7 Å². The van der Waals surface area contributed by atoms with Crippen LogP contribution in [-0.4, -0.2) is 39.6 Å². The molecule has 0 radical (unpaired) electrons. The summed E-state index contributed by atoms with van der Waals surface area (Å²) >= 11 is 0. The molecular weight excluding hydrogens is 358 g/mol. The van der Waals surface area contributed by atoms with Crippen molar-refractivity contribution in [2.24, 2.45) is 11.8 Å². The number of hydroxylamine groups is 1. The number of nitrogens with one attached hydrogen (secondary N) is 3. The number of nitrogens with zero attached hydrogens (tertiary/aromatic N) is 2. The first kappa shape index (κ1) is 21.8. The second-order valence-corrected chi connectivity index (χ2v) is 7.71. The minimum Gasteiger partial charge on any atom is -0.357 e. The summed E-state index contributed by atoms with van der Waals surface area (Å²) in [5.74, 6) is 0.784. The van der Waals surface area contributed by atoms with Crippen LogP contribution in [0.15, 0.2) is 18.5 Å². The lowest BCUT2D eigenvalue weighted by Crippen LogP contribution is -2.42. The molecule has 0 aromatic carbocycles. The highest BCUT2D eigenvalue weighted by Gasteiger charge is 2.22. The maximum absolute atomic E-state index is 12.7. The summed E-state index contributed by atoms with van der Waals surface area (Å²) in [7, 11) is 0. The van der Waals surface area contributed by atoms with Gasteiger partial charge in [0.25, 0.3) is 5.91 Å². The van der Waals surface area contributed by atoms with E-state index in [0.29, 0.717) is 29.8 Å². The topological polar surface area (TPSA) is 116 Å². The van der Waals surface area contributed by atoms with Gasteiger partial charge in [-0.15, -0.1) is 0 Å². The fourth-order valence-corrected chi connectivity index (χ4v) is 3.34. The molecule has 1 aromatic rings. The van der Waals surface area contributed by atoms with Gasteiger partial charge in [0.2, 0.25) is 5.91 Å². The van der Waals surface area contributed by atoms with E-state index in [0.717, 1.165) is 12.6 Å². The van der Waals surface area contributed by atoms with E-state index >= 15 is 0 Å². The van der Waals surface area contributed by atoms with Crippen LogP contribution in [0.5, 0.6) is 0 Å². The first-order valence-electron chi connectivity index (χ1n) is 9.96. The Bertz CT molecular complexity index is 654. The van der Waals surface area contributed by atoms with Gasteiger partial charge in [-0.05, 0) is 37.2 Å². The molecule has 0 spiro atoms. The summed E-state index contributed by atoms with van der Waals surface area (Å²) < 4.78 is 0. The number of hydrogen-bond acceptors (Lipinski definition) is 6.